The summed E-state index contributed by atoms with van der Waals surface area (Å²) in [7, 11) is 0. The zero-order valence-corrected chi connectivity index (χ0v) is 12.9. The smallest absolute Gasteiger partial charge is 0.222 e. The number of carbonyl (C=O) groups excluding carboxylic acids is 1. The molecule has 5 nitrogen and oxygen atoms in total. The molecule has 6 heteroatoms. The van der Waals surface area contributed by atoms with E-state index in [4.69, 9.17) is 5.73 Å². The monoisotopic (exact) mass is 304 g/mol. The number of amides is 1. The highest BCUT2D eigenvalue weighted by Crippen LogP contribution is 2.30. The van der Waals surface area contributed by atoms with Crippen LogP contribution in [0.5, 0.6) is 0 Å². The summed E-state index contributed by atoms with van der Waals surface area (Å²) >= 11 is 1.62. The molecule has 21 heavy (non-hydrogen) atoms. The van der Waals surface area contributed by atoms with E-state index in [0.29, 0.717) is 0 Å². The highest BCUT2D eigenvalue weighted by Gasteiger charge is 2.30. The molecule has 1 fully saturated rings. The van der Waals surface area contributed by atoms with Gasteiger partial charge in [0.05, 0.1) is 11.3 Å². The minimum atomic E-state index is -0.210. The van der Waals surface area contributed by atoms with Crippen molar-refractivity contribution < 1.29 is 4.79 Å². The molecule has 0 aliphatic heterocycles. The first kappa shape index (κ1) is 14.3. The Balaban J connectivity index is 1.92. The number of aryl methyl sites for hydroxylation is 1. The quantitative estimate of drug-likeness (QED) is 0.910. The molecule has 1 aliphatic rings. The molecule has 2 unspecified atom stereocenters. The number of hydrogen-bond donors (Lipinski definition) is 2. The summed E-state index contributed by atoms with van der Waals surface area (Å²) in [6.07, 6.45) is 4.83. The number of thiophene rings is 1. The van der Waals surface area contributed by atoms with E-state index < -0.39 is 0 Å². The fraction of sp³-hybridized carbons (Fsp3) is 0.533. The normalized spacial score (nSPS) is 22.3. The van der Waals surface area contributed by atoms with Gasteiger partial charge in [-0.05, 0) is 24.3 Å². The molecular formula is C15H20N4OS. The third-order valence-electron chi connectivity index (χ3n) is 4.14. The van der Waals surface area contributed by atoms with Crippen LogP contribution in [0.25, 0.3) is 10.2 Å². The number of nitrogens with one attached hydrogen (secondary N) is 1. The van der Waals surface area contributed by atoms with E-state index >= 15 is 0 Å². The van der Waals surface area contributed by atoms with Crippen molar-refractivity contribution >= 4 is 33.3 Å². The molecule has 2 atom stereocenters. The van der Waals surface area contributed by atoms with Gasteiger partial charge in [-0.15, -0.1) is 11.3 Å². The summed E-state index contributed by atoms with van der Waals surface area (Å²) in [6.45, 7) is 2.05. The van der Waals surface area contributed by atoms with Crippen LogP contribution in [-0.4, -0.2) is 21.9 Å². The maximum Gasteiger partial charge on any atom is 0.222 e. The molecule has 3 rings (SSSR count). The summed E-state index contributed by atoms with van der Waals surface area (Å²) in [5, 5.41) is 6.53. The van der Waals surface area contributed by atoms with E-state index in [-0.39, 0.29) is 17.9 Å². The van der Waals surface area contributed by atoms with Gasteiger partial charge >= 0.3 is 0 Å². The lowest BCUT2D eigenvalue weighted by Crippen LogP contribution is -2.40. The van der Waals surface area contributed by atoms with Crippen molar-refractivity contribution in [2.45, 2.75) is 45.1 Å². The van der Waals surface area contributed by atoms with Crippen molar-refractivity contribution in [1.29, 1.82) is 0 Å². The van der Waals surface area contributed by atoms with Crippen LogP contribution in [0.1, 0.15) is 38.4 Å². The Kier molecular flexibility index (Phi) is 4.05. The minimum absolute atomic E-state index is 0.0824. The van der Waals surface area contributed by atoms with Crippen molar-refractivity contribution in [1.82, 2.24) is 9.97 Å². The molecule has 0 radical (unpaired) electrons. The first-order valence-electron chi connectivity index (χ1n) is 7.49. The summed E-state index contributed by atoms with van der Waals surface area (Å²) in [4.78, 5) is 21.8. The molecule has 112 valence electrons. The van der Waals surface area contributed by atoms with Gasteiger partial charge in [0.1, 0.15) is 16.5 Å². The number of anilines is 1. The highest BCUT2D eigenvalue weighted by molar-refractivity contribution is 7.16. The average molecular weight is 304 g/mol. The fourth-order valence-electron chi connectivity index (χ4n) is 2.99. The van der Waals surface area contributed by atoms with Gasteiger partial charge in [-0.1, -0.05) is 19.8 Å². The van der Waals surface area contributed by atoms with Crippen LogP contribution in [0, 0.1) is 5.92 Å². The number of primary amides is 1. The minimum Gasteiger partial charge on any atom is -0.369 e. The summed E-state index contributed by atoms with van der Waals surface area (Å²) in [5.74, 6) is 1.36. The van der Waals surface area contributed by atoms with E-state index in [1.54, 1.807) is 11.3 Å². The summed E-state index contributed by atoms with van der Waals surface area (Å²) in [6, 6.07) is 2.11. The first-order valence-corrected chi connectivity index (χ1v) is 8.37. The molecule has 2 aromatic rings. The largest absolute Gasteiger partial charge is 0.369 e. The van der Waals surface area contributed by atoms with Crippen LogP contribution in [0.2, 0.25) is 0 Å². The van der Waals surface area contributed by atoms with Gasteiger partial charge in [0, 0.05) is 12.5 Å². The molecule has 1 amide bonds. The van der Waals surface area contributed by atoms with Gasteiger partial charge in [0.25, 0.3) is 0 Å². The Morgan fingerprint density at radius 1 is 1.43 bits per heavy atom. The lowest BCUT2D eigenvalue weighted by molar-refractivity contribution is -0.122. The van der Waals surface area contributed by atoms with Gasteiger partial charge < -0.3 is 11.1 Å². The second-order valence-corrected chi connectivity index (χ2v) is 6.42. The average Bonchev–Trinajstić information content (AvgIpc) is 2.96. The van der Waals surface area contributed by atoms with Gasteiger partial charge in [0.2, 0.25) is 5.91 Å². The summed E-state index contributed by atoms with van der Waals surface area (Å²) < 4.78 is 0. The third kappa shape index (κ3) is 2.85. The molecule has 0 spiro atoms. The van der Waals surface area contributed by atoms with Crippen LogP contribution in [0.3, 0.4) is 0 Å². The van der Waals surface area contributed by atoms with Crippen molar-refractivity contribution in [3.63, 3.8) is 0 Å². The fourth-order valence-corrected chi connectivity index (χ4v) is 3.77. The van der Waals surface area contributed by atoms with E-state index in [2.05, 4.69) is 15.3 Å². The zero-order valence-electron chi connectivity index (χ0n) is 12.1. The Labute approximate surface area is 128 Å². The van der Waals surface area contributed by atoms with Crippen LogP contribution in [-0.2, 0) is 11.2 Å². The van der Waals surface area contributed by atoms with Crippen molar-refractivity contribution in [2.24, 2.45) is 11.7 Å². The van der Waals surface area contributed by atoms with Crippen molar-refractivity contribution in [3.05, 3.63) is 17.3 Å². The second-order valence-electron chi connectivity index (χ2n) is 5.53. The molecule has 3 N–H and O–H groups in total. The van der Waals surface area contributed by atoms with Crippen LogP contribution in [0.15, 0.2) is 11.4 Å². The Hall–Kier alpha value is -1.69. The van der Waals surface area contributed by atoms with Crippen LogP contribution < -0.4 is 11.1 Å². The summed E-state index contributed by atoms with van der Waals surface area (Å²) in [5.41, 5.74) is 5.55. The molecule has 2 heterocycles. The van der Waals surface area contributed by atoms with Crippen LogP contribution in [0.4, 0.5) is 5.82 Å². The van der Waals surface area contributed by atoms with Gasteiger partial charge in [-0.2, -0.15) is 0 Å². The predicted octanol–water partition coefficient (Wildman–Crippen LogP) is 2.71. The second kappa shape index (κ2) is 5.97. The number of rotatable bonds is 4. The molecule has 2 aromatic heterocycles. The lowest BCUT2D eigenvalue weighted by atomic mass is 9.84. The molecule has 0 saturated heterocycles. The maximum absolute atomic E-state index is 11.6. The van der Waals surface area contributed by atoms with E-state index in [1.165, 1.54) is 0 Å². The number of nitrogens with zero attached hydrogens (tertiary/aromatic N) is 2. The SMILES string of the molecule is CCc1nc(NC2CCCCC2C(N)=O)c2ccsc2n1. The van der Waals surface area contributed by atoms with E-state index in [1.807, 2.05) is 18.4 Å². The lowest BCUT2D eigenvalue weighted by Gasteiger charge is -2.30. The van der Waals surface area contributed by atoms with Gasteiger partial charge in [-0.25, -0.2) is 9.97 Å². The molecule has 0 bridgehead atoms. The number of nitrogens with two attached hydrogens (primary N) is 1. The topological polar surface area (TPSA) is 80.9 Å². The first-order chi connectivity index (χ1) is 10.2. The predicted molar refractivity (Wildman–Crippen MR) is 85.4 cm³/mol. The third-order valence-corrected chi connectivity index (χ3v) is 4.95. The maximum atomic E-state index is 11.6. The number of aromatic nitrogens is 2. The highest BCUT2D eigenvalue weighted by atomic mass is 32.1. The molecule has 1 saturated carbocycles. The zero-order chi connectivity index (χ0) is 14.8. The van der Waals surface area contributed by atoms with Crippen molar-refractivity contribution in [3.8, 4) is 0 Å². The van der Waals surface area contributed by atoms with E-state index in [0.717, 1.165) is 54.0 Å². The van der Waals surface area contributed by atoms with E-state index in [9.17, 15) is 4.79 Å². The van der Waals surface area contributed by atoms with Gasteiger partial charge in [0.15, 0.2) is 0 Å². The Morgan fingerprint density at radius 3 is 3.00 bits per heavy atom. The molecule has 0 aromatic carbocycles. The number of hydrogen-bond acceptors (Lipinski definition) is 5. The van der Waals surface area contributed by atoms with Crippen molar-refractivity contribution in [2.75, 3.05) is 5.32 Å². The number of fused-ring (bicyclic) bond motifs is 1. The van der Waals surface area contributed by atoms with Crippen LogP contribution >= 0.6 is 11.3 Å². The molecule has 1 aliphatic carbocycles. The standard InChI is InChI=1S/C15H20N4OS/c1-2-12-18-14(10-7-8-21-15(10)19-12)17-11-6-4-3-5-9(11)13(16)20/h7-9,11H,2-6H2,1H3,(H2,16,20)(H,17,18,19). The van der Waals surface area contributed by atoms with Gasteiger partial charge in [-0.3, -0.25) is 4.79 Å². The molecular weight excluding hydrogens is 284 g/mol. The Bertz CT molecular complexity index is 654. The Morgan fingerprint density at radius 2 is 2.24 bits per heavy atom. The number of carbonyl (C=O) groups is 1.